The summed E-state index contributed by atoms with van der Waals surface area (Å²) in [6, 6.07) is 5.69. The van der Waals surface area contributed by atoms with Crippen molar-refractivity contribution in [3.05, 3.63) is 31.8 Å². The Balaban J connectivity index is 1.96. The molecule has 1 amide bonds. The molecule has 0 spiro atoms. The lowest BCUT2D eigenvalue weighted by Gasteiger charge is -2.11. The number of rotatable bonds is 3. The van der Waals surface area contributed by atoms with Crippen molar-refractivity contribution in [2.75, 3.05) is 13.2 Å². The molecule has 1 aliphatic heterocycles. The minimum absolute atomic E-state index is 0.0359. The third-order valence-electron chi connectivity index (χ3n) is 2.69. The SMILES string of the molecule is O=C(NC[C@@H]1CCCO1)c1cc(Br)ccc1I. The van der Waals surface area contributed by atoms with E-state index in [1.807, 2.05) is 18.2 Å². The first kappa shape index (κ1) is 13.3. The van der Waals surface area contributed by atoms with Gasteiger partial charge < -0.3 is 10.1 Å². The Bertz CT molecular complexity index is 419. The maximum atomic E-state index is 12.0. The van der Waals surface area contributed by atoms with Gasteiger partial charge in [0.05, 0.1) is 11.7 Å². The summed E-state index contributed by atoms with van der Waals surface area (Å²) in [5, 5.41) is 2.92. The van der Waals surface area contributed by atoms with Crippen LogP contribution >= 0.6 is 38.5 Å². The van der Waals surface area contributed by atoms with E-state index >= 15 is 0 Å². The standard InChI is InChI=1S/C12H13BrINO2/c13-8-3-4-11(14)10(6-8)12(16)15-7-9-2-1-5-17-9/h3-4,6,9H,1-2,5,7H2,(H,15,16)/t9-/m0/s1. The highest BCUT2D eigenvalue weighted by Crippen LogP contribution is 2.18. The van der Waals surface area contributed by atoms with E-state index in [0.717, 1.165) is 27.5 Å². The first-order valence-corrected chi connectivity index (χ1v) is 7.39. The molecule has 0 aliphatic carbocycles. The lowest BCUT2D eigenvalue weighted by atomic mass is 10.2. The van der Waals surface area contributed by atoms with E-state index in [1.165, 1.54) is 0 Å². The van der Waals surface area contributed by atoms with Gasteiger partial charge in [-0.05, 0) is 53.6 Å². The summed E-state index contributed by atoms with van der Waals surface area (Å²) in [5.41, 5.74) is 0.706. The molecular formula is C12H13BrINO2. The van der Waals surface area contributed by atoms with Crippen LogP contribution in [0.4, 0.5) is 0 Å². The molecule has 0 unspecified atom stereocenters. The molecule has 2 rings (SSSR count). The molecule has 1 aromatic carbocycles. The average Bonchev–Trinajstić information content (AvgIpc) is 2.82. The van der Waals surface area contributed by atoms with Crippen LogP contribution in [0.5, 0.6) is 0 Å². The van der Waals surface area contributed by atoms with Crippen LogP contribution in [0, 0.1) is 3.57 Å². The zero-order valence-corrected chi connectivity index (χ0v) is 13.0. The molecule has 92 valence electrons. The number of hydrogen-bond donors (Lipinski definition) is 1. The highest BCUT2D eigenvalue weighted by atomic mass is 127. The van der Waals surface area contributed by atoms with Crippen LogP contribution in [-0.4, -0.2) is 25.2 Å². The largest absolute Gasteiger partial charge is 0.376 e. The van der Waals surface area contributed by atoms with E-state index in [0.29, 0.717) is 12.1 Å². The summed E-state index contributed by atoms with van der Waals surface area (Å²) in [6.07, 6.45) is 2.31. The molecular weight excluding hydrogens is 397 g/mol. The third kappa shape index (κ3) is 3.66. The molecule has 1 aromatic rings. The zero-order chi connectivity index (χ0) is 12.3. The van der Waals surface area contributed by atoms with E-state index in [9.17, 15) is 4.79 Å². The smallest absolute Gasteiger partial charge is 0.252 e. The Morgan fingerprint density at radius 1 is 1.59 bits per heavy atom. The van der Waals surface area contributed by atoms with Crippen molar-refractivity contribution in [2.24, 2.45) is 0 Å². The van der Waals surface area contributed by atoms with Crippen molar-refractivity contribution in [2.45, 2.75) is 18.9 Å². The molecule has 17 heavy (non-hydrogen) atoms. The van der Waals surface area contributed by atoms with Gasteiger partial charge in [-0.25, -0.2) is 0 Å². The topological polar surface area (TPSA) is 38.3 Å². The fourth-order valence-corrected chi connectivity index (χ4v) is 2.72. The minimum Gasteiger partial charge on any atom is -0.376 e. The van der Waals surface area contributed by atoms with Gasteiger partial charge in [0.2, 0.25) is 0 Å². The van der Waals surface area contributed by atoms with Gasteiger partial charge in [-0.15, -0.1) is 0 Å². The van der Waals surface area contributed by atoms with E-state index in [4.69, 9.17) is 4.74 Å². The molecule has 0 radical (unpaired) electrons. The third-order valence-corrected chi connectivity index (χ3v) is 4.12. The number of benzene rings is 1. The number of carbonyl (C=O) groups excluding carboxylic acids is 1. The predicted molar refractivity (Wildman–Crippen MR) is 78.2 cm³/mol. The number of amides is 1. The molecule has 1 aliphatic rings. The van der Waals surface area contributed by atoms with E-state index in [-0.39, 0.29) is 12.0 Å². The summed E-state index contributed by atoms with van der Waals surface area (Å²) in [6.45, 7) is 1.41. The second kappa shape index (κ2) is 6.15. The van der Waals surface area contributed by atoms with Crippen molar-refractivity contribution in [1.29, 1.82) is 0 Å². The molecule has 1 fully saturated rings. The molecule has 0 aromatic heterocycles. The first-order chi connectivity index (χ1) is 8.16. The van der Waals surface area contributed by atoms with Gasteiger partial charge in [-0.1, -0.05) is 15.9 Å². The predicted octanol–water partition coefficient (Wildman–Crippen LogP) is 2.96. The van der Waals surface area contributed by atoms with E-state index in [1.54, 1.807) is 0 Å². The van der Waals surface area contributed by atoms with Crippen LogP contribution in [0.2, 0.25) is 0 Å². The summed E-state index contributed by atoms with van der Waals surface area (Å²) >= 11 is 5.54. The summed E-state index contributed by atoms with van der Waals surface area (Å²) < 4.78 is 7.34. The number of hydrogen-bond acceptors (Lipinski definition) is 2. The molecule has 0 bridgehead atoms. The van der Waals surface area contributed by atoms with Gasteiger partial charge in [0, 0.05) is 21.2 Å². The Hall–Kier alpha value is -0.140. The van der Waals surface area contributed by atoms with E-state index < -0.39 is 0 Å². The Morgan fingerprint density at radius 3 is 3.12 bits per heavy atom. The quantitative estimate of drug-likeness (QED) is 0.779. The molecule has 5 heteroatoms. The van der Waals surface area contributed by atoms with Crippen molar-refractivity contribution in [1.82, 2.24) is 5.32 Å². The lowest BCUT2D eigenvalue weighted by molar-refractivity contribution is 0.0857. The van der Waals surface area contributed by atoms with Crippen LogP contribution in [0.1, 0.15) is 23.2 Å². The fraction of sp³-hybridized carbons (Fsp3) is 0.417. The van der Waals surface area contributed by atoms with Crippen LogP contribution in [0.3, 0.4) is 0 Å². The second-order valence-corrected chi connectivity index (χ2v) is 6.05. The van der Waals surface area contributed by atoms with Gasteiger partial charge >= 0.3 is 0 Å². The van der Waals surface area contributed by atoms with Gasteiger partial charge in [0.15, 0.2) is 0 Å². The first-order valence-electron chi connectivity index (χ1n) is 5.51. The maximum absolute atomic E-state index is 12.0. The van der Waals surface area contributed by atoms with Crippen molar-refractivity contribution >= 4 is 44.4 Å². The monoisotopic (exact) mass is 409 g/mol. The van der Waals surface area contributed by atoms with Crippen LogP contribution < -0.4 is 5.32 Å². The molecule has 1 heterocycles. The maximum Gasteiger partial charge on any atom is 0.252 e. The molecule has 1 N–H and O–H groups in total. The van der Waals surface area contributed by atoms with Crippen LogP contribution in [0.15, 0.2) is 22.7 Å². The Kier molecular flexibility index (Phi) is 4.81. The van der Waals surface area contributed by atoms with Gasteiger partial charge in [0.25, 0.3) is 5.91 Å². The highest BCUT2D eigenvalue weighted by molar-refractivity contribution is 14.1. The zero-order valence-electron chi connectivity index (χ0n) is 9.21. The normalized spacial score (nSPS) is 19.3. The summed E-state index contributed by atoms with van der Waals surface area (Å²) in [4.78, 5) is 12.0. The molecule has 3 nitrogen and oxygen atoms in total. The lowest BCUT2D eigenvalue weighted by Crippen LogP contribution is -2.32. The molecule has 1 saturated heterocycles. The van der Waals surface area contributed by atoms with Crippen molar-refractivity contribution in [3.63, 3.8) is 0 Å². The van der Waals surface area contributed by atoms with Gasteiger partial charge in [-0.3, -0.25) is 4.79 Å². The van der Waals surface area contributed by atoms with E-state index in [2.05, 4.69) is 43.8 Å². The number of nitrogens with one attached hydrogen (secondary N) is 1. The van der Waals surface area contributed by atoms with Gasteiger partial charge in [-0.2, -0.15) is 0 Å². The number of ether oxygens (including phenoxy) is 1. The molecule has 1 atom stereocenters. The average molecular weight is 410 g/mol. The van der Waals surface area contributed by atoms with Crippen LogP contribution in [0.25, 0.3) is 0 Å². The van der Waals surface area contributed by atoms with Crippen LogP contribution in [-0.2, 0) is 4.74 Å². The van der Waals surface area contributed by atoms with Crippen molar-refractivity contribution in [3.8, 4) is 0 Å². The second-order valence-electron chi connectivity index (χ2n) is 3.97. The molecule has 0 saturated carbocycles. The Morgan fingerprint density at radius 2 is 2.41 bits per heavy atom. The Labute approximate surface area is 123 Å². The minimum atomic E-state index is -0.0359. The fourth-order valence-electron chi connectivity index (χ4n) is 1.78. The highest BCUT2D eigenvalue weighted by Gasteiger charge is 2.17. The number of halogens is 2. The number of carbonyl (C=O) groups is 1. The summed E-state index contributed by atoms with van der Waals surface area (Å²) in [5.74, 6) is -0.0359. The van der Waals surface area contributed by atoms with Gasteiger partial charge in [0.1, 0.15) is 0 Å². The van der Waals surface area contributed by atoms with Crippen molar-refractivity contribution < 1.29 is 9.53 Å². The summed E-state index contributed by atoms with van der Waals surface area (Å²) in [7, 11) is 0.